The van der Waals surface area contributed by atoms with E-state index < -0.39 is 52.6 Å². The highest BCUT2D eigenvalue weighted by molar-refractivity contribution is 6.87. The first-order valence-electron chi connectivity index (χ1n) is 52.2. The van der Waals surface area contributed by atoms with Gasteiger partial charge in [0.05, 0.1) is 0 Å². The number of rotatable bonds is 83. The molecule has 0 radical (unpaired) electrons. The maximum atomic E-state index is 8.25. The standard InChI is InChI=1S/C116H174O12Si6/c1-15-105-75-87-111(88-76-105)69-57-45-33-21-27-39-51-63-99-129(14,117-7)124-131(120-10,101-65-53-41-29-23-35-47-59-71-113-91-79-107(17-3)80-92-113)126-133(122-12,103-67-55-43-31-25-37-49-61-73-115-95-83-109(19-5)84-96-115)128-134(123-13,104-68-56-44-32-26-38-50-62-74-116-97-85-110(20-6)86-98-116)127-132(121-11,102-66-54-42-30-24-36-48-60-72-114-93-81-108(18-4)82-94-114)125-130(118-8,119-9)100-64-52-40-28-22-34-46-58-70-112-89-77-106(16-2)78-90-112/h1-6,75-98H,21-74,99-104H2,7-14H3. The molecule has 6 aromatic rings. The summed E-state index contributed by atoms with van der Waals surface area (Å²) in [6.07, 6.45) is 93.5. The van der Waals surface area contributed by atoms with E-state index in [0.717, 1.165) is 245 Å². The quantitative estimate of drug-likeness (QED) is 0.0206. The van der Waals surface area contributed by atoms with Gasteiger partial charge in [-0.3, -0.25) is 0 Å². The molecule has 0 amide bonds. The van der Waals surface area contributed by atoms with Gasteiger partial charge in [-0.15, -0.1) is 38.5 Å². The largest absolute Gasteiger partial charge is 0.493 e. The minimum Gasteiger partial charge on any atom is -0.398 e. The third-order valence-electron chi connectivity index (χ3n) is 27.0. The molecular weight excluding hydrogens is 1750 g/mol. The Labute approximate surface area is 824 Å². The smallest absolute Gasteiger partial charge is 0.398 e. The van der Waals surface area contributed by atoms with E-state index in [1.807, 2.05) is 7.11 Å². The van der Waals surface area contributed by atoms with E-state index in [0.29, 0.717) is 30.2 Å². The minimum absolute atomic E-state index is 0.486. The number of terminal acetylenes is 6. The molecule has 134 heavy (non-hydrogen) atoms. The lowest BCUT2D eigenvalue weighted by atomic mass is 10.0. The van der Waals surface area contributed by atoms with Crippen LogP contribution in [0.15, 0.2) is 146 Å². The van der Waals surface area contributed by atoms with Gasteiger partial charge in [-0.25, -0.2) is 0 Å². The third kappa shape index (κ3) is 48.4. The van der Waals surface area contributed by atoms with E-state index in [9.17, 15) is 0 Å². The molecule has 0 saturated carbocycles. The lowest BCUT2D eigenvalue weighted by Gasteiger charge is -2.46. The topological polar surface area (TPSA) is 111 Å². The highest BCUT2D eigenvalue weighted by Gasteiger charge is 2.64. The van der Waals surface area contributed by atoms with Crippen molar-refractivity contribution in [1.29, 1.82) is 0 Å². The zero-order valence-electron chi connectivity index (χ0n) is 84.6. The summed E-state index contributed by atoms with van der Waals surface area (Å²) in [7, 11) is -10.1. The van der Waals surface area contributed by atoms with Crippen molar-refractivity contribution in [2.24, 2.45) is 0 Å². The SMILES string of the molecule is C#Cc1ccc(CCCCCCCCCC[Si](C)(OC)O[Si](CCCCCCCCCCc2ccc(C#C)cc2)(OC)O[Si](CCCCCCCCCCc2ccc(C#C)cc2)(OC)O[Si](CCCCCCCCCCc2ccc(C#C)cc2)(OC)O[Si](CCCCCCCCCCc2ccc(C#C)cc2)(OC)O[Si](CCCCCCCCCCc2ccc(C#C)cc2)(OC)OC)cc1. The Morgan fingerprint density at radius 2 is 0.299 bits per heavy atom. The molecule has 18 heteroatoms. The van der Waals surface area contributed by atoms with Crippen LogP contribution >= 0.6 is 0 Å². The Bertz CT molecular complexity index is 4280. The average molecular weight is 1930 g/mol. The molecule has 6 aromatic carbocycles. The number of unbranched alkanes of at least 4 members (excludes halogenated alkanes) is 42. The van der Waals surface area contributed by atoms with E-state index in [2.05, 4.69) is 188 Å². The normalized spacial score (nSPS) is 13.8. The maximum Gasteiger partial charge on any atom is 0.493 e. The highest BCUT2D eigenvalue weighted by Crippen LogP contribution is 2.40. The van der Waals surface area contributed by atoms with Gasteiger partial charge < -0.3 is 51.6 Å². The monoisotopic (exact) mass is 1930 g/mol. The van der Waals surface area contributed by atoms with Crippen molar-refractivity contribution in [3.05, 3.63) is 212 Å². The lowest BCUT2D eigenvalue weighted by molar-refractivity contribution is 0.0573. The van der Waals surface area contributed by atoms with Crippen LogP contribution in [0.2, 0.25) is 42.8 Å². The van der Waals surface area contributed by atoms with Crippen LogP contribution in [-0.2, 0) is 90.1 Å². The highest BCUT2D eigenvalue weighted by atomic mass is 28.5. The molecule has 5 atom stereocenters. The van der Waals surface area contributed by atoms with Crippen molar-refractivity contribution >= 4 is 52.6 Å². The first kappa shape index (κ1) is 116. The zero-order chi connectivity index (χ0) is 96.1. The summed E-state index contributed by atoms with van der Waals surface area (Å²) in [6.45, 7) is 2.23. The number of aryl methyl sites for hydroxylation is 6. The summed E-state index contributed by atoms with van der Waals surface area (Å²) < 4.78 is 89.2. The zero-order valence-corrected chi connectivity index (χ0v) is 90.6. The van der Waals surface area contributed by atoms with E-state index in [1.54, 1.807) is 42.7 Å². The average Bonchev–Trinajstić information content (AvgIpc) is 0.765. The second-order valence-electron chi connectivity index (χ2n) is 37.5. The fourth-order valence-corrected chi connectivity index (χ4v) is 44.3. The van der Waals surface area contributed by atoms with Crippen LogP contribution in [0.5, 0.6) is 0 Å². The van der Waals surface area contributed by atoms with Gasteiger partial charge in [-0.05, 0) is 228 Å². The second kappa shape index (κ2) is 71.0. The summed E-state index contributed by atoms with van der Waals surface area (Å²) >= 11 is 0. The van der Waals surface area contributed by atoms with Crippen molar-refractivity contribution < 1.29 is 51.6 Å². The molecule has 0 N–H and O–H groups in total. The summed E-state index contributed by atoms with van der Waals surface area (Å²) in [5.74, 6) is 16.5. The van der Waals surface area contributed by atoms with Gasteiger partial charge in [-0.1, -0.05) is 346 Å². The van der Waals surface area contributed by atoms with Crippen molar-refractivity contribution in [2.75, 3.05) is 49.8 Å². The van der Waals surface area contributed by atoms with Crippen LogP contribution in [-0.4, -0.2) is 102 Å². The van der Waals surface area contributed by atoms with Gasteiger partial charge in [0.1, 0.15) is 0 Å². The van der Waals surface area contributed by atoms with Crippen molar-refractivity contribution in [3.63, 3.8) is 0 Å². The molecule has 6 rings (SSSR count). The van der Waals surface area contributed by atoms with Gasteiger partial charge in [0, 0.05) is 113 Å². The van der Waals surface area contributed by atoms with Crippen LogP contribution in [0.3, 0.4) is 0 Å². The molecule has 12 nitrogen and oxygen atoms in total. The molecule has 0 aliphatic rings. The lowest BCUT2D eigenvalue weighted by Crippen LogP contribution is -2.69. The summed E-state index contributed by atoms with van der Waals surface area (Å²) in [5, 5.41) is 0. The van der Waals surface area contributed by atoms with Crippen molar-refractivity contribution in [3.8, 4) is 74.1 Å². The number of benzene rings is 6. The molecule has 0 aromatic heterocycles. The molecule has 0 fully saturated rings. The van der Waals surface area contributed by atoms with Crippen molar-refractivity contribution in [2.45, 2.75) is 390 Å². The van der Waals surface area contributed by atoms with Crippen LogP contribution in [0.25, 0.3) is 0 Å². The maximum absolute atomic E-state index is 8.25. The van der Waals surface area contributed by atoms with E-state index in [4.69, 9.17) is 90.1 Å². The second-order valence-corrected chi connectivity index (χ2v) is 56.5. The Morgan fingerprint density at radius 1 is 0.164 bits per heavy atom. The third-order valence-corrected chi connectivity index (χ3v) is 50.6. The summed E-state index contributed by atoms with van der Waals surface area (Å²) in [5.41, 5.74) is 13.6. The minimum atomic E-state index is -4.12. The van der Waals surface area contributed by atoms with E-state index >= 15 is 0 Å². The van der Waals surface area contributed by atoms with E-state index in [-0.39, 0.29) is 0 Å². The molecule has 0 bridgehead atoms. The molecule has 734 valence electrons. The molecular formula is C116H174O12Si6. The van der Waals surface area contributed by atoms with Crippen LogP contribution < -0.4 is 0 Å². The molecule has 5 unspecified atom stereocenters. The van der Waals surface area contributed by atoms with Gasteiger partial charge in [0.15, 0.2) is 0 Å². The van der Waals surface area contributed by atoms with E-state index in [1.165, 1.54) is 175 Å². The van der Waals surface area contributed by atoms with Gasteiger partial charge in [0.2, 0.25) is 0 Å². The van der Waals surface area contributed by atoms with Gasteiger partial charge >= 0.3 is 52.6 Å². The Kier molecular flexibility index (Phi) is 61.6. The molecule has 0 spiro atoms. The number of hydrogen-bond acceptors (Lipinski definition) is 12. The fourth-order valence-electron chi connectivity index (χ4n) is 18.2. The predicted octanol–water partition coefficient (Wildman–Crippen LogP) is 30.4. The van der Waals surface area contributed by atoms with Crippen LogP contribution in [0.1, 0.15) is 375 Å². The van der Waals surface area contributed by atoms with Crippen LogP contribution in [0, 0.1) is 74.1 Å². The Hall–Kier alpha value is -6.50. The van der Waals surface area contributed by atoms with Crippen LogP contribution in [0.4, 0.5) is 0 Å². The first-order chi connectivity index (χ1) is 65.5. The predicted molar refractivity (Wildman–Crippen MR) is 574 cm³/mol. The van der Waals surface area contributed by atoms with Gasteiger partial charge in [-0.2, -0.15) is 0 Å². The summed E-state index contributed by atoms with van der Waals surface area (Å²) in [4.78, 5) is 0. The van der Waals surface area contributed by atoms with Crippen molar-refractivity contribution in [1.82, 2.24) is 0 Å². The summed E-state index contributed by atoms with van der Waals surface area (Å²) in [6, 6.07) is 54.2. The number of hydrogen-bond donors (Lipinski definition) is 0. The first-order valence-corrected chi connectivity index (χ1v) is 64.4. The van der Waals surface area contributed by atoms with Gasteiger partial charge in [0.25, 0.3) is 0 Å². The molecule has 0 saturated heterocycles. The Morgan fingerprint density at radius 3 is 0.455 bits per heavy atom. The molecule has 0 heterocycles. The fraction of sp³-hybridized carbons (Fsp3) is 0.586. The molecule has 0 aliphatic heterocycles. The molecule has 0 aliphatic carbocycles. The Balaban J connectivity index is 1.32.